The van der Waals surface area contributed by atoms with Gasteiger partial charge in [-0.3, -0.25) is 9.59 Å². The number of hydrogen-bond donors (Lipinski definition) is 1. The number of amides is 2. The van der Waals surface area contributed by atoms with Crippen molar-refractivity contribution in [2.24, 2.45) is 0 Å². The van der Waals surface area contributed by atoms with Gasteiger partial charge in [0.05, 0.1) is 21.6 Å². The number of aromatic nitrogens is 1. The summed E-state index contributed by atoms with van der Waals surface area (Å²) in [5, 5.41) is 9.33. The van der Waals surface area contributed by atoms with Crippen molar-refractivity contribution in [2.75, 3.05) is 4.90 Å². The van der Waals surface area contributed by atoms with E-state index in [9.17, 15) is 14.4 Å². The van der Waals surface area contributed by atoms with E-state index in [0.717, 1.165) is 15.3 Å². The number of carboxylic acid groups (broad SMARTS) is 1. The molecule has 0 radical (unpaired) electrons. The first-order valence-corrected chi connectivity index (χ1v) is 8.15. The zero-order valence-corrected chi connectivity index (χ0v) is 13.5. The number of imide groups is 1. The number of benzene rings is 2. The van der Waals surface area contributed by atoms with Crippen molar-refractivity contribution in [2.45, 2.75) is 0 Å². The summed E-state index contributed by atoms with van der Waals surface area (Å²) in [4.78, 5) is 42.3. The predicted octanol–water partition coefficient (Wildman–Crippen LogP) is 3.31. The first-order chi connectivity index (χ1) is 12.1. The molecule has 1 aromatic heterocycles. The van der Waals surface area contributed by atoms with E-state index in [4.69, 9.17) is 5.11 Å². The highest BCUT2D eigenvalue weighted by atomic mass is 32.1. The van der Waals surface area contributed by atoms with Crippen LogP contribution in [0.3, 0.4) is 0 Å². The first kappa shape index (κ1) is 15.2. The molecule has 0 spiro atoms. The maximum atomic E-state index is 12.6. The summed E-state index contributed by atoms with van der Waals surface area (Å²) < 4.78 is 0. The lowest BCUT2D eigenvalue weighted by atomic mass is 10.1. The summed E-state index contributed by atoms with van der Waals surface area (Å²) in [7, 11) is 0. The zero-order chi connectivity index (χ0) is 17.6. The van der Waals surface area contributed by atoms with Gasteiger partial charge in [-0.1, -0.05) is 41.7 Å². The van der Waals surface area contributed by atoms with Crippen LogP contribution in [0.1, 0.15) is 31.1 Å². The molecule has 0 unspecified atom stereocenters. The molecule has 2 heterocycles. The standard InChI is InChI=1S/C18H10N2O4S/c21-15-12-7-6-11(17(23)24)8-13(12)16(22)20(15)18-19-9-14(25-18)10-4-2-1-3-5-10/h1-9H,(H,23,24). The van der Waals surface area contributed by atoms with Gasteiger partial charge in [-0.15, -0.1) is 0 Å². The summed E-state index contributed by atoms with van der Waals surface area (Å²) >= 11 is 1.23. The fourth-order valence-electron chi connectivity index (χ4n) is 2.65. The number of carbonyl (C=O) groups is 3. The van der Waals surface area contributed by atoms with Crippen molar-refractivity contribution >= 4 is 34.3 Å². The van der Waals surface area contributed by atoms with Crippen molar-refractivity contribution in [1.82, 2.24) is 4.98 Å². The number of hydrogen-bond acceptors (Lipinski definition) is 5. The number of thiazole rings is 1. The number of carboxylic acids is 1. The normalized spacial score (nSPS) is 13.2. The molecule has 0 saturated heterocycles. The smallest absolute Gasteiger partial charge is 0.335 e. The molecule has 2 amide bonds. The Morgan fingerprint density at radius 1 is 1.00 bits per heavy atom. The highest BCUT2D eigenvalue weighted by molar-refractivity contribution is 7.19. The van der Waals surface area contributed by atoms with Crippen LogP contribution in [0.2, 0.25) is 0 Å². The minimum absolute atomic E-state index is 0.0362. The zero-order valence-electron chi connectivity index (χ0n) is 12.7. The van der Waals surface area contributed by atoms with E-state index in [-0.39, 0.29) is 21.8 Å². The molecule has 1 aliphatic rings. The number of fused-ring (bicyclic) bond motifs is 1. The van der Waals surface area contributed by atoms with Crippen LogP contribution in [-0.4, -0.2) is 27.9 Å². The largest absolute Gasteiger partial charge is 0.478 e. The van der Waals surface area contributed by atoms with Crippen LogP contribution >= 0.6 is 11.3 Å². The Morgan fingerprint density at radius 3 is 2.44 bits per heavy atom. The van der Waals surface area contributed by atoms with Crippen LogP contribution < -0.4 is 4.90 Å². The lowest BCUT2D eigenvalue weighted by Gasteiger charge is -2.08. The molecule has 122 valence electrons. The highest BCUT2D eigenvalue weighted by Gasteiger charge is 2.38. The van der Waals surface area contributed by atoms with Crippen LogP contribution in [0, 0.1) is 0 Å². The Hall–Kier alpha value is -3.32. The van der Waals surface area contributed by atoms with Crippen LogP contribution in [0.15, 0.2) is 54.7 Å². The van der Waals surface area contributed by atoms with Crippen LogP contribution in [0.4, 0.5) is 5.13 Å². The lowest BCUT2D eigenvalue weighted by Crippen LogP contribution is -2.29. The van der Waals surface area contributed by atoms with Crippen molar-refractivity contribution < 1.29 is 19.5 Å². The molecular formula is C18H10N2O4S. The second-order valence-electron chi connectivity index (χ2n) is 5.38. The molecule has 4 rings (SSSR count). The van der Waals surface area contributed by atoms with Gasteiger partial charge in [0.1, 0.15) is 0 Å². The van der Waals surface area contributed by atoms with Crippen LogP contribution in [-0.2, 0) is 0 Å². The molecule has 2 aromatic carbocycles. The Labute approximate surface area is 146 Å². The molecular weight excluding hydrogens is 340 g/mol. The third kappa shape index (κ3) is 2.41. The lowest BCUT2D eigenvalue weighted by molar-refractivity contribution is 0.0696. The second-order valence-corrected chi connectivity index (χ2v) is 6.39. The van der Waals surface area contributed by atoms with Crippen LogP contribution in [0.5, 0.6) is 0 Å². The average Bonchev–Trinajstić information content (AvgIpc) is 3.19. The first-order valence-electron chi connectivity index (χ1n) is 7.33. The van der Waals surface area contributed by atoms with Crippen molar-refractivity contribution in [3.63, 3.8) is 0 Å². The molecule has 7 heteroatoms. The van der Waals surface area contributed by atoms with Gasteiger partial charge < -0.3 is 5.11 Å². The van der Waals surface area contributed by atoms with Crippen LogP contribution in [0.25, 0.3) is 10.4 Å². The van der Waals surface area contributed by atoms with Crippen molar-refractivity contribution in [3.8, 4) is 10.4 Å². The quantitative estimate of drug-likeness (QED) is 0.732. The number of anilines is 1. The second kappa shape index (κ2) is 5.64. The Balaban J connectivity index is 1.73. The van der Waals surface area contributed by atoms with Gasteiger partial charge >= 0.3 is 5.97 Å². The summed E-state index contributed by atoms with van der Waals surface area (Å²) in [6, 6.07) is 13.4. The molecule has 0 fully saturated rings. The molecule has 0 aliphatic carbocycles. The minimum Gasteiger partial charge on any atom is -0.478 e. The third-order valence-electron chi connectivity index (χ3n) is 3.88. The number of rotatable bonds is 3. The monoisotopic (exact) mass is 350 g/mol. The topological polar surface area (TPSA) is 87.6 Å². The molecule has 25 heavy (non-hydrogen) atoms. The third-order valence-corrected chi connectivity index (χ3v) is 4.91. The van der Waals surface area contributed by atoms with Gasteiger partial charge in [-0.05, 0) is 23.8 Å². The van der Waals surface area contributed by atoms with E-state index in [0.29, 0.717) is 0 Å². The molecule has 1 aliphatic heterocycles. The summed E-state index contributed by atoms with van der Waals surface area (Å²) in [5.41, 5.74) is 1.18. The van der Waals surface area contributed by atoms with Crippen molar-refractivity contribution in [1.29, 1.82) is 0 Å². The number of carbonyl (C=O) groups excluding carboxylic acids is 2. The van der Waals surface area contributed by atoms with Gasteiger partial charge in [-0.2, -0.15) is 0 Å². The van der Waals surface area contributed by atoms with E-state index in [2.05, 4.69) is 4.98 Å². The fourth-order valence-corrected chi connectivity index (χ4v) is 3.57. The SMILES string of the molecule is O=C(O)c1ccc2c(c1)C(=O)N(c1ncc(-c3ccccc3)s1)C2=O. The van der Waals surface area contributed by atoms with E-state index >= 15 is 0 Å². The van der Waals surface area contributed by atoms with Gasteiger partial charge in [-0.25, -0.2) is 14.7 Å². The number of aromatic carboxylic acids is 1. The van der Waals surface area contributed by atoms with E-state index in [1.807, 2.05) is 30.3 Å². The molecule has 3 aromatic rings. The molecule has 0 bridgehead atoms. The van der Waals surface area contributed by atoms with Gasteiger partial charge in [0, 0.05) is 6.20 Å². The maximum absolute atomic E-state index is 12.6. The van der Waals surface area contributed by atoms with E-state index in [1.54, 1.807) is 6.20 Å². The van der Waals surface area contributed by atoms with Gasteiger partial charge in [0.25, 0.3) is 11.8 Å². The predicted molar refractivity (Wildman–Crippen MR) is 92.1 cm³/mol. The number of nitrogens with zero attached hydrogens (tertiary/aromatic N) is 2. The van der Waals surface area contributed by atoms with Gasteiger partial charge in [0.2, 0.25) is 0 Å². The molecule has 1 N–H and O–H groups in total. The average molecular weight is 350 g/mol. The summed E-state index contributed by atoms with van der Waals surface area (Å²) in [6.07, 6.45) is 1.61. The van der Waals surface area contributed by atoms with Gasteiger partial charge in [0.15, 0.2) is 5.13 Å². The Kier molecular flexibility index (Phi) is 3.43. The minimum atomic E-state index is -1.15. The Morgan fingerprint density at radius 2 is 1.72 bits per heavy atom. The summed E-state index contributed by atoms with van der Waals surface area (Å²) in [6.45, 7) is 0. The molecule has 6 nitrogen and oxygen atoms in total. The fraction of sp³-hybridized carbons (Fsp3) is 0. The Bertz CT molecular complexity index is 1030. The van der Waals surface area contributed by atoms with E-state index < -0.39 is 17.8 Å². The molecule has 0 saturated carbocycles. The maximum Gasteiger partial charge on any atom is 0.335 e. The van der Waals surface area contributed by atoms with Crippen molar-refractivity contribution in [3.05, 3.63) is 71.4 Å². The van der Waals surface area contributed by atoms with E-state index in [1.165, 1.54) is 29.5 Å². The highest BCUT2D eigenvalue weighted by Crippen LogP contribution is 2.35. The molecule has 0 atom stereocenters. The summed E-state index contributed by atoms with van der Waals surface area (Å²) in [5.74, 6) is -2.20.